The molecular weight excluding hydrogens is 523 g/mol. The summed E-state index contributed by atoms with van der Waals surface area (Å²) in [5, 5.41) is 0.816. The molecule has 0 nitrogen and oxygen atoms in total. The van der Waals surface area contributed by atoms with Crippen molar-refractivity contribution in [1.29, 1.82) is 0 Å². The summed E-state index contributed by atoms with van der Waals surface area (Å²) in [4.78, 5) is 0. The Labute approximate surface area is 223 Å². The third kappa shape index (κ3) is 4.92. The summed E-state index contributed by atoms with van der Waals surface area (Å²) in [5.41, 5.74) is 10.3. The average Bonchev–Trinajstić information content (AvgIpc) is 3.42. The Bertz CT molecular complexity index is 1300. The molecule has 0 heterocycles. The van der Waals surface area contributed by atoms with Crippen LogP contribution in [-0.2, 0) is 32.1 Å². The summed E-state index contributed by atoms with van der Waals surface area (Å²) in [6, 6.07) is 23.0. The van der Waals surface area contributed by atoms with E-state index in [2.05, 4.69) is 124 Å². The molecule has 0 unspecified atom stereocenters. The normalized spacial score (nSPS) is 16.1. The maximum absolute atomic E-state index is 6.43. The molecule has 2 aliphatic carbocycles. The van der Waals surface area contributed by atoms with Crippen LogP contribution in [0.25, 0.3) is 11.1 Å². The van der Waals surface area contributed by atoms with Crippen LogP contribution in [0, 0.1) is 0 Å². The molecule has 0 N–H and O–H groups in total. The molecule has 5 rings (SSSR count). The number of fused-ring (bicyclic) bond motifs is 3. The van der Waals surface area contributed by atoms with Gasteiger partial charge in [0.2, 0.25) is 0 Å². The standard InChI is InChI=1S/C21H25.C7H5Cl.C5H5.Zr/c1-20(2,3)16-7-9-18-14(12-16)11-15-13-17(21(4,5)6)8-10-19(15)18;1-6-3-2-4-7(8)5-6;1-2-4-5-3-1;/h7-13H,1-6H3;1-5H;1-5H;. The van der Waals surface area contributed by atoms with E-state index in [0.717, 1.165) is 5.02 Å². The van der Waals surface area contributed by atoms with Crippen LogP contribution in [0.15, 0.2) is 85.0 Å². The first-order valence-corrected chi connectivity index (χ1v) is 17.3. The fourth-order valence-electron chi connectivity index (χ4n) is 5.37. The second-order valence-corrected chi connectivity index (χ2v) is 18.7. The van der Waals surface area contributed by atoms with Crippen molar-refractivity contribution in [2.24, 2.45) is 0 Å². The Hall–Kier alpha value is -1.82. The van der Waals surface area contributed by atoms with Crippen LogP contribution in [0.2, 0.25) is 8.65 Å². The fourth-order valence-corrected chi connectivity index (χ4v) is 13.4. The van der Waals surface area contributed by atoms with Gasteiger partial charge in [0.25, 0.3) is 0 Å². The summed E-state index contributed by atoms with van der Waals surface area (Å²) in [6.45, 7) is 13.9. The third-order valence-corrected chi connectivity index (χ3v) is 15.3. The van der Waals surface area contributed by atoms with Crippen molar-refractivity contribution in [3.8, 4) is 11.1 Å². The van der Waals surface area contributed by atoms with Crippen molar-refractivity contribution in [3.05, 3.63) is 118 Å². The Morgan fingerprint density at radius 3 is 1.74 bits per heavy atom. The molecule has 35 heavy (non-hydrogen) atoms. The summed E-state index contributed by atoms with van der Waals surface area (Å²) in [7, 11) is 0. The van der Waals surface area contributed by atoms with Crippen LogP contribution in [-0.4, -0.2) is 3.71 Å². The van der Waals surface area contributed by atoms with Crippen molar-refractivity contribution < 1.29 is 21.3 Å². The molecule has 0 atom stereocenters. The first kappa shape index (κ1) is 24.9. The van der Waals surface area contributed by atoms with Crippen LogP contribution in [0.4, 0.5) is 0 Å². The molecule has 0 bridgehead atoms. The van der Waals surface area contributed by atoms with Gasteiger partial charge in [-0.15, -0.1) is 0 Å². The zero-order valence-electron chi connectivity index (χ0n) is 21.7. The predicted molar refractivity (Wildman–Crippen MR) is 150 cm³/mol. The topological polar surface area (TPSA) is 0 Å². The summed E-state index contributed by atoms with van der Waals surface area (Å²) < 4.78 is 3.66. The monoisotopic (exact) mass is 556 g/mol. The Balaban J connectivity index is 1.78. The number of rotatable bonds is 3. The van der Waals surface area contributed by atoms with Crippen molar-refractivity contribution >= 4 is 15.3 Å². The molecule has 0 aliphatic heterocycles. The zero-order chi connectivity index (χ0) is 25.0. The molecule has 0 saturated carbocycles. The van der Waals surface area contributed by atoms with Gasteiger partial charge in [-0.2, -0.15) is 0 Å². The first-order chi connectivity index (χ1) is 16.5. The predicted octanol–water partition coefficient (Wildman–Crippen LogP) is 9.39. The Kier molecular flexibility index (Phi) is 6.57. The minimum atomic E-state index is -2.34. The van der Waals surface area contributed by atoms with Crippen molar-refractivity contribution in [2.45, 2.75) is 59.6 Å². The van der Waals surface area contributed by atoms with Gasteiger partial charge in [-0.1, -0.05) is 0 Å². The van der Waals surface area contributed by atoms with Gasteiger partial charge in [0.1, 0.15) is 0 Å². The van der Waals surface area contributed by atoms with Gasteiger partial charge in [-0.05, 0) is 0 Å². The van der Waals surface area contributed by atoms with Gasteiger partial charge in [0.05, 0.1) is 0 Å². The SMILES string of the molecule is CC(C)(C)c1ccc2c(c1)[CH]([Zr](=[CH]c1cccc(Cl)c1)[CH]1C=CC=C1)c1cc(C(C)(C)C)ccc1-2. The molecule has 0 fully saturated rings. The van der Waals surface area contributed by atoms with Gasteiger partial charge >= 0.3 is 225 Å². The van der Waals surface area contributed by atoms with Crippen molar-refractivity contribution in [2.75, 3.05) is 0 Å². The van der Waals surface area contributed by atoms with Gasteiger partial charge < -0.3 is 0 Å². The Morgan fingerprint density at radius 2 is 1.26 bits per heavy atom. The molecule has 0 amide bonds. The zero-order valence-corrected chi connectivity index (χ0v) is 24.9. The van der Waals surface area contributed by atoms with E-state index < -0.39 is 21.3 Å². The second-order valence-electron chi connectivity index (χ2n) is 12.0. The molecule has 0 aromatic heterocycles. The van der Waals surface area contributed by atoms with Crippen molar-refractivity contribution in [3.63, 3.8) is 0 Å². The van der Waals surface area contributed by atoms with E-state index in [1.807, 2.05) is 6.07 Å². The average molecular weight is 558 g/mol. The summed E-state index contributed by atoms with van der Waals surface area (Å²) >= 11 is 4.09. The number of hydrogen-bond acceptors (Lipinski definition) is 0. The summed E-state index contributed by atoms with van der Waals surface area (Å²) in [5.74, 6) is 0. The van der Waals surface area contributed by atoms with E-state index in [0.29, 0.717) is 7.25 Å². The molecule has 0 spiro atoms. The molecular formula is C33H35ClZr. The van der Waals surface area contributed by atoms with E-state index in [9.17, 15) is 0 Å². The van der Waals surface area contributed by atoms with E-state index in [1.165, 1.54) is 27.8 Å². The number of allylic oxidation sites excluding steroid dienone is 4. The Morgan fingerprint density at radius 1 is 0.714 bits per heavy atom. The molecule has 0 saturated heterocycles. The molecule has 2 heteroatoms. The molecule has 0 radical (unpaired) electrons. The fraction of sp³-hybridized carbons (Fsp3) is 0.303. The molecule has 3 aromatic rings. The van der Waals surface area contributed by atoms with E-state index in [-0.39, 0.29) is 10.8 Å². The van der Waals surface area contributed by atoms with Gasteiger partial charge in [0.15, 0.2) is 0 Å². The van der Waals surface area contributed by atoms with Crippen LogP contribution < -0.4 is 0 Å². The van der Waals surface area contributed by atoms with Crippen LogP contribution in [0.3, 0.4) is 0 Å². The van der Waals surface area contributed by atoms with Crippen LogP contribution in [0.5, 0.6) is 0 Å². The molecule has 178 valence electrons. The molecule has 2 aliphatic rings. The van der Waals surface area contributed by atoms with E-state index in [1.54, 1.807) is 11.1 Å². The number of benzene rings is 3. The quantitative estimate of drug-likeness (QED) is 0.301. The van der Waals surface area contributed by atoms with E-state index in [4.69, 9.17) is 11.6 Å². The van der Waals surface area contributed by atoms with Crippen LogP contribution >= 0.6 is 11.6 Å². The number of halogens is 1. The summed E-state index contributed by atoms with van der Waals surface area (Å²) in [6.07, 6.45) is 9.36. The maximum atomic E-state index is 6.43. The van der Waals surface area contributed by atoms with Gasteiger partial charge in [-0.25, -0.2) is 0 Å². The van der Waals surface area contributed by atoms with Crippen LogP contribution in [0.1, 0.15) is 73.0 Å². The third-order valence-electron chi connectivity index (χ3n) is 7.40. The van der Waals surface area contributed by atoms with Crippen molar-refractivity contribution in [1.82, 2.24) is 0 Å². The van der Waals surface area contributed by atoms with Gasteiger partial charge in [0, 0.05) is 0 Å². The second kappa shape index (κ2) is 9.24. The first-order valence-electron chi connectivity index (χ1n) is 12.6. The van der Waals surface area contributed by atoms with E-state index >= 15 is 0 Å². The van der Waals surface area contributed by atoms with Gasteiger partial charge in [-0.3, -0.25) is 0 Å². The number of hydrogen-bond donors (Lipinski definition) is 0. The molecule has 3 aromatic carbocycles. The minimum absolute atomic E-state index is 0.123.